The van der Waals surface area contributed by atoms with Gasteiger partial charge in [-0.1, -0.05) is 0 Å². The molecule has 0 spiro atoms. The molecule has 0 aromatic heterocycles. The van der Waals surface area contributed by atoms with E-state index in [2.05, 4.69) is 0 Å². The van der Waals surface area contributed by atoms with Crippen molar-refractivity contribution in [1.82, 2.24) is 0 Å². The van der Waals surface area contributed by atoms with Gasteiger partial charge in [0.1, 0.15) is 5.69 Å². The lowest BCUT2D eigenvalue weighted by Crippen LogP contribution is -2.29. The summed E-state index contributed by atoms with van der Waals surface area (Å²) in [6, 6.07) is 3.82. The fourth-order valence-electron chi connectivity index (χ4n) is 2.17. The van der Waals surface area contributed by atoms with Gasteiger partial charge in [0.05, 0.1) is 15.9 Å². The first-order valence-corrected chi connectivity index (χ1v) is 5.77. The molecule has 0 saturated carbocycles. The fraction of sp³-hybridized carbons (Fsp3) is 0.455. The predicted octanol–water partition coefficient (Wildman–Crippen LogP) is 2.49. The van der Waals surface area contributed by atoms with Crippen molar-refractivity contribution in [3.63, 3.8) is 0 Å². The van der Waals surface area contributed by atoms with Gasteiger partial charge in [0, 0.05) is 19.2 Å². The highest BCUT2D eigenvalue weighted by molar-refractivity contribution is 5.66. The lowest BCUT2D eigenvalue weighted by atomic mass is 10.1. The summed E-state index contributed by atoms with van der Waals surface area (Å²) in [5.41, 5.74) is 0.0406. The number of piperidine rings is 1. The Labute approximate surface area is 103 Å². The molecule has 1 aliphatic rings. The standard InChI is InChI=1S/C11H13N3O4/c15-13(16)9-4-5-10(11(8-9)14(17)18)12-6-2-1-3-7-12/h4-5,8H,1-3,6-7H2. The van der Waals surface area contributed by atoms with Crippen LogP contribution in [-0.2, 0) is 0 Å². The summed E-state index contributed by atoms with van der Waals surface area (Å²) in [5.74, 6) is 0. The second-order valence-corrected chi connectivity index (χ2v) is 4.23. The number of benzene rings is 1. The summed E-state index contributed by atoms with van der Waals surface area (Å²) in [6.45, 7) is 1.53. The first kappa shape index (κ1) is 12.3. The Kier molecular flexibility index (Phi) is 3.40. The van der Waals surface area contributed by atoms with E-state index in [1.165, 1.54) is 12.1 Å². The molecule has 96 valence electrons. The molecule has 0 amide bonds. The van der Waals surface area contributed by atoms with Gasteiger partial charge in [-0.15, -0.1) is 0 Å². The van der Waals surface area contributed by atoms with Crippen LogP contribution in [-0.4, -0.2) is 22.9 Å². The Bertz CT molecular complexity index is 483. The second-order valence-electron chi connectivity index (χ2n) is 4.23. The van der Waals surface area contributed by atoms with E-state index in [4.69, 9.17) is 0 Å². The number of hydrogen-bond donors (Lipinski definition) is 0. The van der Waals surface area contributed by atoms with Gasteiger partial charge in [0.25, 0.3) is 11.4 Å². The van der Waals surface area contributed by atoms with Crippen molar-refractivity contribution in [2.24, 2.45) is 0 Å². The molecule has 0 aliphatic carbocycles. The van der Waals surface area contributed by atoms with Crippen molar-refractivity contribution in [2.45, 2.75) is 19.3 Å². The Morgan fingerprint density at radius 3 is 2.22 bits per heavy atom. The third-order valence-corrected chi connectivity index (χ3v) is 3.06. The number of nitro groups is 2. The predicted molar refractivity (Wildman–Crippen MR) is 65.8 cm³/mol. The molecule has 1 saturated heterocycles. The molecule has 1 heterocycles. The highest BCUT2D eigenvalue weighted by Gasteiger charge is 2.24. The van der Waals surface area contributed by atoms with Crippen LogP contribution in [0, 0.1) is 20.2 Å². The molecule has 7 nitrogen and oxygen atoms in total. The smallest absolute Gasteiger partial charge is 0.299 e. The lowest BCUT2D eigenvalue weighted by molar-refractivity contribution is -0.393. The molecule has 0 radical (unpaired) electrons. The van der Waals surface area contributed by atoms with Crippen LogP contribution in [0.5, 0.6) is 0 Å². The van der Waals surface area contributed by atoms with E-state index in [9.17, 15) is 20.2 Å². The summed E-state index contributed by atoms with van der Waals surface area (Å²) in [6.07, 6.45) is 3.11. The minimum absolute atomic E-state index is 0.189. The summed E-state index contributed by atoms with van der Waals surface area (Å²) in [4.78, 5) is 22.4. The zero-order chi connectivity index (χ0) is 13.1. The minimum Gasteiger partial charge on any atom is -0.366 e. The first-order valence-electron chi connectivity index (χ1n) is 5.77. The van der Waals surface area contributed by atoms with Crippen LogP contribution < -0.4 is 4.90 Å². The number of hydrogen-bond acceptors (Lipinski definition) is 5. The number of nitrogens with zero attached hydrogens (tertiary/aromatic N) is 3. The summed E-state index contributed by atoms with van der Waals surface area (Å²) in [7, 11) is 0. The lowest BCUT2D eigenvalue weighted by Gasteiger charge is -2.28. The maximum Gasteiger partial charge on any atom is 0.299 e. The van der Waals surface area contributed by atoms with E-state index in [-0.39, 0.29) is 11.4 Å². The van der Waals surface area contributed by atoms with Crippen LogP contribution in [0.25, 0.3) is 0 Å². The Hall–Kier alpha value is -2.18. The molecule has 18 heavy (non-hydrogen) atoms. The van der Waals surface area contributed by atoms with Gasteiger partial charge >= 0.3 is 0 Å². The molecule has 1 fully saturated rings. The van der Waals surface area contributed by atoms with E-state index >= 15 is 0 Å². The van der Waals surface area contributed by atoms with Crippen LogP contribution >= 0.6 is 0 Å². The van der Waals surface area contributed by atoms with E-state index in [1.807, 2.05) is 4.90 Å². The van der Waals surface area contributed by atoms with E-state index in [0.29, 0.717) is 5.69 Å². The molecule has 7 heteroatoms. The Morgan fingerprint density at radius 1 is 1.00 bits per heavy atom. The second kappa shape index (κ2) is 4.99. The summed E-state index contributed by atoms with van der Waals surface area (Å²) < 4.78 is 0. The SMILES string of the molecule is O=[N+]([O-])c1ccc(N2CCCCC2)c([N+](=O)[O-])c1. The average molecular weight is 251 g/mol. The van der Waals surface area contributed by atoms with Crippen molar-refractivity contribution >= 4 is 17.1 Å². The van der Waals surface area contributed by atoms with Gasteiger partial charge in [-0.3, -0.25) is 20.2 Å². The van der Waals surface area contributed by atoms with Crippen LogP contribution in [0.1, 0.15) is 19.3 Å². The minimum atomic E-state index is -0.618. The highest BCUT2D eigenvalue weighted by atomic mass is 16.6. The number of anilines is 1. The van der Waals surface area contributed by atoms with Crippen molar-refractivity contribution in [3.05, 3.63) is 38.4 Å². The van der Waals surface area contributed by atoms with Crippen molar-refractivity contribution in [3.8, 4) is 0 Å². The molecule has 0 atom stereocenters. The first-order chi connectivity index (χ1) is 8.59. The summed E-state index contributed by atoms with van der Waals surface area (Å²) >= 11 is 0. The molecular formula is C11H13N3O4. The van der Waals surface area contributed by atoms with E-state index in [0.717, 1.165) is 38.4 Å². The normalized spacial score (nSPS) is 15.4. The molecule has 1 aromatic carbocycles. The third-order valence-electron chi connectivity index (χ3n) is 3.06. The largest absolute Gasteiger partial charge is 0.366 e. The fourth-order valence-corrected chi connectivity index (χ4v) is 2.17. The van der Waals surface area contributed by atoms with Crippen molar-refractivity contribution in [2.75, 3.05) is 18.0 Å². The third kappa shape index (κ3) is 2.39. The molecular weight excluding hydrogens is 238 g/mol. The Balaban J connectivity index is 2.39. The number of non-ortho nitro benzene ring substituents is 1. The van der Waals surface area contributed by atoms with Gasteiger partial charge in [-0.05, 0) is 25.3 Å². The molecule has 1 aliphatic heterocycles. The maximum absolute atomic E-state index is 11.0. The average Bonchev–Trinajstić information content (AvgIpc) is 2.39. The van der Waals surface area contributed by atoms with Crippen molar-refractivity contribution < 1.29 is 9.85 Å². The van der Waals surface area contributed by atoms with Gasteiger partial charge < -0.3 is 4.90 Å². The monoisotopic (exact) mass is 251 g/mol. The molecule has 1 aromatic rings. The Morgan fingerprint density at radius 2 is 1.67 bits per heavy atom. The van der Waals surface area contributed by atoms with E-state index < -0.39 is 9.85 Å². The maximum atomic E-state index is 11.0. The number of rotatable bonds is 3. The van der Waals surface area contributed by atoms with Gasteiger partial charge in [-0.25, -0.2) is 0 Å². The topological polar surface area (TPSA) is 89.5 Å². The quantitative estimate of drug-likeness (QED) is 0.608. The molecule has 0 unspecified atom stereocenters. The summed E-state index contributed by atoms with van der Waals surface area (Å²) in [5, 5.41) is 21.6. The van der Waals surface area contributed by atoms with Crippen LogP contribution in [0.15, 0.2) is 18.2 Å². The van der Waals surface area contributed by atoms with E-state index in [1.54, 1.807) is 0 Å². The van der Waals surface area contributed by atoms with Gasteiger partial charge in [0.15, 0.2) is 0 Å². The highest BCUT2D eigenvalue weighted by Crippen LogP contribution is 2.33. The van der Waals surface area contributed by atoms with Gasteiger partial charge in [0.2, 0.25) is 0 Å². The van der Waals surface area contributed by atoms with Crippen LogP contribution in [0.2, 0.25) is 0 Å². The number of nitro benzene ring substituents is 2. The van der Waals surface area contributed by atoms with Crippen LogP contribution in [0.4, 0.5) is 17.1 Å². The zero-order valence-corrected chi connectivity index (χ0v) is 9.74. The van der Waals surface area contributed by atoms with Crippen LogP contribution in [0.3, 0.4) is 0 Å². The van der Waals surface area contributed by atoms with Gasteiger partial charge in [-0.2, -0.15) is 0 Å². The zero-order valence-electron chi connectivity index (χ0n) is 9.74. The van der Waals surface area contributed by atoms with Crippen molar-refractivity contribution in [1.29, 1.82) is 0 Å². The molecule has 2 rings (SSSR count). The molecule has 0 N–H and O–H groups in total. The molecule has 0 bridgehead atoms.